The average Bonchev–Trinajstić information content (AvgIpc) is 2.21. The van der Waals surface area contributed by atoms with Gasteiger partial charge in [-0.05, 0) is 25.7 Å². The van der Waals surface area contributed by atoms with Crippen LogP contribution in [0.25, 0.3) is 0 Å². The van der Waals surface area contributed by atoms with Crippen LogP contribution >= 0.6 is 0 Å². The summed E-state index contributed by atoms with van der Waals surface area (Å²) in [7, 11) is 0. The number of hydrogen-bond donors (Lipinski definition) is 0. The summed E-state index contributed by atoms with van der Waals surface area (Å²) in [6.45, 7) is 8.27. The standard InChI is InChI=1S/C14H26/c1-4-7-8-9-10-11-13-14(6-3)12-5-2/h5,13H,2,4,6-12H2,1,3H3/b14-13+. The van der Waals surface area contributed by atoms with Gasteiger partial charge in [0.2, 0.25) is 0 Å². The Morgan fingerprint density at radius 1 is 1.07 bits per heavy atom. The first-order valence-electron chi connectivity index (χ1n) is 6.13. The van der Waals surface area contributed by atoms with Gasteiger partial charge in [-0.3, -0.25) is 0 Å². The highest BCUT2D eigenvalue weighted by Gasteiger charge is 1.91. The number of allylic oxidation sites excluding steroid dienone is 3. The summed E-state index contributed by atoms with van der Waals surface area (Å²) in [5.74, 6) is 0. The lowest BCUT2D eigenvalue weighted by atomic mass is 10.1. The van der Waals surface area contributed by atoms with Crippen LogP contribution in [-0.2, 0) is 0 Å². The van der Waals surface area contributed by atoms with Gasteiger partial charge in [0.1, 0.15) is 0 Å². The van der Waals surface area contributed by atoms with E-state index in [2.05, 4.69) is 26.5 Å². The molecule has 0 rings (SSSR count). The molecule has 0 aliphatic carbocycles. The lowest BCUT2D eigenvalue weighted by Gasteiger charge is -2.01. The van der Waals surface area contributed by atoms with E-state index in [1.165, 1.54) is 44.9 Å². The van der Waals surface area contributed by atoms with E-state index in [1.54, 1.807) is 5.57 Å². The highest BCUT2D eigenvalue weighted by molar-refractivity contribution is 5.05. The molecule has 0 fully saturated rings. The van der Waals surface area contributed by atoms with E-state index in [-0.39, 0.29) is 0 Å². The predicted molar refractivity (Wildman–Crippen MR) is 66.6 cm³/mol. The zero-order valence-electron chi connectivity index (χ0n) is 10.0. The van der Waals surface area contributed by atoms with Crippen LogP contribution in [0.2, 0.25) is 0 Å². The molecule has 0 N–H and O–H groups in total. The van der Waals surface area contributed by atoms with Gasteiger partial charge in [0.25, 0.3) is 0 Å². The molecule has 0 spiro atoms. The van der Waals surface area contributed by atoms with Gasteiger partial charge in [-0.15, -0.1) is 6.58 Å². The molecule has 0 atom stereocenters. The van der Waals surface area contributed by atoms with Gasteiger partial charge in [0, 0.05) is 0 Å². The maximum Gasteiger partial charge on any atom is -0.0142 e. The van der Waals surface area contributed by atoms with Crippen LogP contribution < -0.4 is 0 Å². The predicted octanol–water partition coefficient (Wildman–Crippen LogP) is 5.26. The first-order valence-corrected chi connectivity index (χ1v) is 6.13. The molecule has 0 aliphatic heterocycles. The third-order valence-corrected chi connectivity index (χ3v) is 2.60. The highest BCUT2D eigenvalue weighted by Crippen LogP contribution is 2.11. The van der Waals surface area contributed by atoms with Gasteiger partial charge in [0.15, 0.2) is 0 Å². The molecule has 0 aromatic heterocycles. The van der Waals surface area contributed by atoms with Crippen molar-refractivity contribution in [3.8, 4) is 0 Å². The second-order valence-electron chi connectivity index (χ2n) is 3.91. The molecule has 0 heteroatoms. The van der Waals surface area contributed by atoms with E-state index in [9.17, 15) is 0 Å². The molecule has 0 saturated heterocycles. The Balaban J connectivity index is 3.42. The maximum absolute atomic E-state index is 3.78. The molecule has 0 aliphatic rings. The van der Waals surface area contributed by atoms with Gasteiger partial charge >= 0.3 is 0 Å². The summed E-state index contributed by atoms with van der Waals surface area (Å²) >= 11 is 0. The summed E-state index contributed by atoms with van der Waals surface area (Å²) in [5, 5.41) is 0. The van der Waals surface area contributed by atoms with Crippen LogP contribution in [0, 0.1) is 0 Å². The van der Waals surface area contributed by atoms with Crippen molar-refractivity contribution in [3.63, 3.8) is 0 Å². The minimum atomic E-state index is 1.07. The lowest BCUT2D eigenvalue weighted by molar-refractivity contribution is 0.636. The fraction of sp³-hybridized carbons (Fsp3) is 0.714. The first kappa shape index (κ1) is 13.5. The van der Waals surface area contributed by atoms with Crippen LogP contribution in [0.15, 0.2) is 24.3 Å². The van der Waals surface area contributed by atoms with E-state index >= 15 is 0 Å². The number of unbranched alkanes of at least 4 members (excludes halogenated alkanes) is 5. The van der Waals surface area contributed by atoms with E-state index in [0.29, 0.717) is 0 Å². The van der Waals surface area contributed by atoms with Crippen LogP contribution in [0.3, 0.4) is 0 Å². The minimum Gasteiger partial charge on any atom is -0.103 e. The van der Waals surface area contributed by atoms with Crippen LogP contribution in [0.1, 0.15) is 65.2 Å². The van der Waals surface area contributed by atoms with Gasteiger partial charge in [0.05, 0.1) is 0 Å². The summed E-state index contributed by atoms with van der Waals surface area (Å²) in [4.78, 5) is 0. The summed E-state index contributed by atoms with van der Waals surface area (Å²) in [5.41, 5.74) is 1.55. The van der Waals surface area contributed by atoms with Crippen molar-refractivity contribution in [2.24, 2.45) is 0 Å². The zero-order valence-corrected chi connectivity index (χ0v) is 10.0. The Morgan fingerprint density at radius 3 is 2.36 bits per heavy atom. The summed E-state index contributed by atoms with van der Waals surface area (Å²) < 4.78 is 0. The third-order valence-electron chi connectivity index (χ3n) is 2.60. The Hall–Kier alpha value is -0.520. The average molecular weight is 194 g/mol. The Kier molecular flexibility index (Phi) is 10.2. The summed E-state index contributed by atoms with van der Waals surface area (Å²) in [6, 6.07) is 0. The second kappa shape index (κ2) is 10.6. The molecular weight excluding hydrogens is 168 g/mol. The molecular formula is C14H26. The van der Waals surface area contributed by atoms with Crippen molar-refractivity contribution < 1.29 is 0 Å². The van der Waals surface area contributed by atoms with Gasteiger partial charge in [-0.25, -0.2) is 0 Å². The molecule has 0 amide bonds. The fourth-order valence-corrected chi connectivity index (χ4v) is 1.61. The zero-order chi connectivity index (χ0) is 10.6. The molecule has 82 valence electrons. The van der Waals surface area contributed by atoms with E-state index in [0.717, 1.165) is 6.42 Å². The molecule has 14 heavy (non-hydrogen) atoms. The van der Waals surface area contributed by atoms with Crippen molar-refractivity contribution in [1.82, 2.24) is 0 Å². The van der Waals surface area contributed by atoms with Crippen LogP contribution in [0.4, 0.5) is 0 Å². The van der Waals surface area contributed by atoms with E-state index < -0.39 is 0 Å². The van der Waals surface area contributed by atoms with Crippen LogP contribution in [0.5, 0.6) is 0 Å². The largest absolute Gasteiger partial charge is 0.103 e. The number of hydrogen-bond acceptors (Lipinski definition) is 0. The quantitative estimate of drug-likeness (QED) is 0.347. The van der Waals surface area contributed by atoms with Crippen molar-refractivity contribution in [2.75, 3.05) is 0 Å². The molecule has 0 radical (unpaired) electrons. The Morgan fingerprint density at radius 2 is 1.79 bits per heavy atom. The Bertz CT molecular complexity index is 153. The fourth-order valence-electron chi connectivity index (χ4n) is 1.61. The van der Waals surface area contributed by atoms with Crippen molar-refractivity contribution >= 4 is 0 Å². The van der Waals surface area contributed by atoms with E-state index in [4.69, 9.17) is 0 Å². The monoisotopic (exact) mass is 194 g/mol. The smallest absolute Gasteiger partial charge is 0.0142 e. The molecule has 0 heterocycles. The molecule has 0 saturated carbocycles. The van der Waals surface area contributed by atoms with Gasteiger partial charge in [-0.1, -0.05) is 57.3 Å². The summed E-state index contributed by atoms with van der Waals surface area (Å²) in [6.07, 6.45) is 14.8. The maximum atomic E-state index is 3.78. The lowest BCUT2D eigenvalue weighted by Crippen LogP contribution is -1.81. The van der Waals surface area contributed by atoms with Gasteiger partial charge in [-0.2, -0.15) is 0 Å². The third kappa shape index (κ3) is 8.10. The number of rotatable bonds is 9. The van der Waals surface area contributed by atoms with Gasteiger partial charge < -0.3 is 0 Å². The highest BCUT2D eigenvalue weighted by atomic mass is 14.0. The van der Waals surface area contributed by atoms with Crippen molar-refractivity contribution in [1.29, 1.82) is 0 Å². The van der Waals surface area contributed by atoms with Crippen molar-refractivity contribution in [2.45, 2.75) is 65.2 Å². The molecule has 0 unspecified atom stereocenters. The second-order valence-corrected chi connectivity index (χ2v) is 3.91. The van der Waals surface area contributed by atoms with Crippen molar-refractivity contribution in [3.05, 3.63) is 24.3 Å². The first-order chi connectivity index (χ1) is 6.85. The molecule has 0 aromatic rings. The normalized spacial score (nSPS) is 11.7. The van der Waals surface area contributed by atoms with E-state index in [1.807, 2.05) is 6.08 Å². The van der Waals surface area contributed by atoms with Crippen LogP contribution in [-0.4, -0.2) is 0 Å². The minimum absolute atomic E-state index is 1.07. The topological polar surface area (TPSA) is 0 Å². The molecule has 0 aromatic carbocycles. The Labute approximate surface area is 90.1 Å². The molecule has 0 nitrogen and oxygen atoms in total. The SMILES string of the molecule is C=CC/C(=C/CCCCCCC)CC. The molecule has 0 bridgehead atoms.